The molecule has 0 atom stereocenters. The van der Waals surface area contributed by atoms with Crippen LogP contribution in [0, 0.1) is 0 Å². The van der Waals surface area contributed by atoms with Crippen molar-refractivity contribution in [3.05, 3.63) is 84.4 Å². The first-order chi connectivity index (χ1) is 13.8. The van der Waals surface area contributed by atoms with E-state index >= 15 is 0 Å². The summed E-state index contributed by atoms with van der Waals surface area (Å²) in [4.78, 5) is 12.7. The van der Waals surface area contributed by atoms with Crippen molar-refractivity contribution in [3.8, 4) is 0 Å². The molecule has 0 aliphatic rings. The molecule has 3 aromatic rings. The molecule has 0 bridgehead atoms. The van der Waals surface area contributed by atoms with Gasteiger partial charge in [0.25, 0.3) is 5.91 Å². The largest absolute Gasteiger partial charge is 0.322 e. The highest BCUT2D eigenvalue weighted by atomic mass is 32.2. The standard InChI is InChI=1S/C21H20N4O3S/c1-25(29(2,27)28)20-11-7-6-10-19(20)21(26)22-16-12-14-18(15-13-16)24-23-17-8-4-3-5-9-17/h3-15H,1-2H3,(H,22,26). The van der Waals surface area contributed by atoms with Crippen LogP contribution in [0.3, 0.4) is 0 Å². The van der Waals surface area contributed by atoms with Crippen molar-refractivity contribution < 1.29 is 13.2 Å². The monoisotopic (exact) mass is 408 g/mol. The molecule has 3 aromatic carbocycles. The number of amides is 1. The van der Waals surface area contributed by atoms with E-state index in [1.807, 2.05) is 30.3 Å². The van der Waals surface area contributed by atoms with Crippen LogP contribution in [0.2, 0.25) is 0 Å². The molecule has 1 amide bonds. The minimum absolute atomic E-state index is 0.258. The zero-order valence-electron chi connectivity index (χ0n) is 16.0. The molecule has 0 aliphatic carbocycles. The normalized spacial score (nSPS) is 11.4. The maximum absolute atomic E-state index is 12.7. The summed E-state index contributed by atoms with van der Waals surface area (Å²) >= 11 is 0. The quantitative estimate of drug-likeness (QED) is 0.597. The first kappa shape index (κ1) is 20.2. The third kappa shape index (κ3) is 5.26. The molecule has 148 valence electrons. The Bertz CT molecular complexity index is 1130. The van der Waals surface area contributed by atoms with E-state index in [-0.39, 0.29) is 5.56 Å². The molecule has 8 heteroatoms. The van der Waals surface area contributed by atoms with E-state index in [4.69, 9.17) is 0 Å². The second-order valence-corrected chi connectivity index (χ2v) is 8.30. The maximum Gasteiger partial charge on any atom is 0.257 e. The Morgan fingerprint density at radius 2 is 1.38 bits per heavy atom. The van der Waals surface area contributed by atoms with Crippen molar-refractivity contribution >= 4 is 38.7 Å². The lowest BCUT2D eigenvalue weighted by molar-refractivity contribution is 0.102. The highest BCUT2D eigenvalue weighted by Crippen LogP contribution is 2.24. The molecule has 0 unspecified atom stereocenters. The fraction of sp³-hybridized carbons (Fsp3) is 0.0952. The molecule has 0 heterocycles. The number of carbonyl (C=O) groups is 1. The minimum atomic E-state index is -3.49. The van der Waals surface area contributed by atoms with E-state index in [0.29, 0.717) is 17.1 Å². The molecule has 1 N–H and O–H groups in total. The van der Waals surface area contributed by atoms with Crippen LogP contribution in [-0.2, 0) is 10.0 Å². The fourth-order valence-corrected chi connectivity index (χ4v) is 3.06. The molecule has 0 fully saturated rings. The van der Waals surface area contributed by atoms with Gasteiger partial charge in [-0.2, -0.15) is 10.2 Å². The van der Waals surface area contributed by atoms with Gasteiger partial charge in [-0.1, -0.05) is 30.3 Å². The molecule has 3 rings (SSSR count). The smallest absolute Gasteiger partial charge is 0.257 e. The van der Waals surface area contributed by atoms with E-state index in [1.165, 1.54) is 7.05 Å². The zero-order valence-corrected chi connectivity index (χ0v) is 16.8. The van der Waals surface area contributed by atoms with Gasteiger partial charge in [0.15, 0.2) is 0 Å². The SMILES string of the molecule is CN(c1ccccc1C(=O)Nc1ccc(N=Nc2ccccc2)cc1)S(C)(=O)=O. The first-order valence-electron chi connectivity index (χ1n) is 8.76. The average Bonchev–Trinajstić information content (AvgIpc) is 2.73. The van der Waals surface area contributed by atoms with Crippen molar-refractivity contribution in [1.29, 1.82) is 0 Å². The summed E-state index contributed by atoms with van der Waals surface area (Å²) in [5, 5.41) is 11.1. The molecular weight excluding hydrogens is 388 g/mol. The van der Waals surface area contributed by atoms with Crippen molar-refractivity contribution in [3.63, 3.8) is 0 Å². The first-order valence-corrected chi connectivity index (χ1v) is 10.6. The Kier molecular flexibility index (Phi) is 6.04. The number of rotatable bonds is 6. The van der Waals surface area contributed by atoms with Gasteiger partial charge in [-0.3, -0.25) is 9.10 Å². The van der Waals surface area contributed by atoms with E-state index in [9.17, 15) is 13.2 Å². The average molecular weight is 408 g/mol. The number of nitrogens with zero attached hydrogens (tertiary/aromatic N) is 3. The Morgan fingerprint density at radius 1 is 0.828 bits per heavy atom. The van der Waals surface area contributed by atoms with Gasteiger partial charge in [-0.25, -0.2) is 8.42 Å². The van der Waals surface area contributed by atoms with Crippen LogP contribution in [0.25, 0.3) is 0 Å². The van der Waals surface area contributed by atoms with Gasteiger partial charge in [0.1, 0.15) is 0 Å². The molecule has 29 heavy (non-hydrogen) atoms. The Balaban J connectivity index is 1.74. The molecule has 0 aliphatic heterocycles. The number of azo groups is 1. The Labute approximate surface area is 169 Å². The highest BCUT2D eigenvalue weighted by molar-refractivity contribution is 7.92. The maximum atomic E-state index is 12.7. The summed E-state index contributed by atoms with van der Waals surface area (Å²) in [5.41, 5.74) is 2.51. The van der Waals surface area contributed by atoms with Crippen LogP contribution in [0.15, 0.2) is 89.1 Å². The summed E-state index contributed by atoms with van der Waals surface area (Å²) in [6.07, 6.45) is 1.09. The number of nitrogens with one attached hydrogen (secondary N) is 1. The number of para-hydroxylation sites is 1. The van der Waals surface area contributed by atoms with E-state index in [2.05, 4.69) is 15.5 Å². The van der Waals surface area contributed by atoms with E-state index < -0.39 is 15.9 Å². The van der Waals surface area contributed by atoms with Gasteiger partial charge in [-0.05, 0) is 48.5 Å². The molecule has 0 saturated heterocycles. The van der Waals surface area contributed by atoms with Crippen LogP contribution in [0.5, 0.6) is 0 Å². The Morgan fingerprint density at radius 3 is 2.00 bits per heavy atom. The summed E-state index contributed by atoms with van der Waals surface area (Å²) < 4.78 is 24.8. The van der Waals surface area contributed by atoms with Crippen LogP contribution in [-0.4, -0.2) is 27.6 Å². The third-order valence-corrected chi connectivity index (χ3v) is 5.34. The van der Waals surface area contributed by atoms with E-state index in [1.54, 1.807) is 48.5 Å². The fourth-order valence-electron chi connectivity index (χ4n) is 2.54. The van der Waals surface area contributed by atoms with Gasteiger partial charge in [0.2, 0.25) is 10.0 Å². The molecule has 0 saturated carbocycles. The van der Waals surface area contributed by atoms with Crippen LogP contribution in [0.1, 0.15) is 10.4 Å². The van der Waals surface area contributed by atoms with Gasteiger partial charge in [0.05, 0.1) is 28.9 Å². The summed E-state index contributed by atoms with van der Waals surface area (Å²) in [7, 11) is -2.08. The molecule has 0 radical (unpaired) electrons. The lowest BCUT2D eigenvalue weighted by atomic mass is 10.1. The van der Waals surface area contributed by atoms with Crippen LogP contribution < -0.4 is 9.62 Å². The number of benzene rings is 3. The van der Waals surface area contributed by atoms with E-state index in [0.717, 1.165) is 16.2 Å². The zero-order chi connectivity index (χ0) is 20.9. The number of hydrogen-bond acceptors (Lipinski definition) is 5. The lowest BCUT2D eigenvalue weighted by Crippen LogP contribution is -2.27. The second-order valence-electron chi connectivity index (χ2n) is 6.28. The van der Waals surface area contributed by atoms with Crippen molar-refractivity contribution in [2.75, 3.05) is 22.9 Å². The predicted molar refractivity (Wildman–Crippen MR) is 115 cm³/mol. The van der Waals surface area contributed by atoms with Gasteiger partial charge >= 0.3 is 0 Å². The third-order valence-electron chi connectivity index (χ3n) is 4.15. The van der Waals surface area contributed by atoms with Crippen molar-refractivity contribution in [2.24, 2.45) is 10.2 Å². The van der Waals surface area contributed by atoms with Gasteiger partial charge in [-0.15, -0.1) is 0 Å². The summed E-state index contributed by atoms with van der Waals surface area (Å²) in [6, 6.07) is 22.8. The lowest BCUT2D eigenvalue weighted by Gasteiger charge is -2.19. The molecule has 0 spiro atoms. The molecular formula is C21H20N4O3S. The Hall–Kier alpha value is -3.52. The number of hydrogen-bond donors (Lipinski definition) is 1. The summed E-state index contributed by atoms with van der Waals surface area (Å²) in [6.45, 7) is 0. The molecule has 7 nitrogen and oxygen atoms in total. The number of carbonyl (C=O) groups excluding carboxylic acids is 1. The van der Waals surface area contributed by atoms with Gasteiger partial charge < -0.3 is 5.32 Å². The summed E-state index contributed by atoms with van der Waals surface area (Å²) in [5.74, 6) is -0.408. The minimum Gasteiger partial charge on any atom is -0.322 e. The second kappa shape index (κ2) is 8.66. The van der Waals surface area contributed by atoms with Crippen LogP contribution >= 0.6 is 0 Å². The van der Waals surface area contributed by atoms with Crippen molar-refractivity contribution in [2.45, 2.75) is 0 Å². The van der Waals surface area contributed by atoms with Crippen molar-refractivity contribution in [1.82, 2.24) is 0 Å². The van der Waals surface area contributed by atoms with Gasteiger partial charge in [0, 0.05) is 12.7 Å². The van der Waals surface area contributed by atoms with Crippen LogP contribution in [0.4, 0.5) is 22.7 Å². The predicted octanol–water partition coefficient (Wildman–Crippen LogP) is 4.75. The number of sulfonamides is 1. The highest BCUT2D eigenvalue weighted by Gasteiger charge is 2.19. The topological polar surface area (TPSA) is 91.2 Å². The number of anilines is 2. The molecule has 0 aromatic heterocycles.